The Morgan fingerprint density at radius 3 is 2.37 bits per heavy atom. The fraction of sp³-hybridized carbons (Fsp3) is 0.250. The van der Waals surface area contributed by atoms with Crippen LogP contribution in [0.25, 0.3) is 15.9 Å². The van der Waals surface area contributed by atoms with E-state index in [1.165, 1.54) is 19.6 Å². The molecule has 9 nitrogen and oxygen atoms in total. The molecule has 0 saturated heterocycles. The van der Waals surface area contributed by atoms with E-state index in [0.29, 0.717) is 45.1 Å². The molecule has 194 valence electrons. The van der Waals surface area contributed by atoms with E-state index in [1.54, 1.807) is 36.2 Å². The van der Waals surface area contributed by atoms with Crippen LogP contribution in [0.2, 0.25) is 0 Å². The molecular weight excluding hydrogens is 502 g/mol. The third-order valence-corrected chi connectivity index (χ3v) is 7.97. The lowest BCUT2D eigenvalue weighted by molar-refractivity contribution is 0.0777. The molecule has 10 heteroatoms. The number of amides is 1. The maximum absolute atomic E-state index is 13.8. The van der Waals surface area contributed by atoms with Gasteiger partial charge in [0.05, 0.1) is 29.0 Å². The Bertz CT molecular complexity index is 1850. The van der Waals surface area contributed by atoms with Gasteiger partial charge in [0, 0.05) is 25.4 Å². The second-order valence-corrected chi connectivity index (χ2v) is 9.97. The van der Waals surface area contributed by atoms with E-state index in [2.05, 4.69) is 4.98 Å². The molecule has 0 aliphatic heterocycles. The minimum absolute atomic E-state index is 0.0239. The summed E-state index contributed by atoms with van der Waals surface area (Å²) in [4.78, 5) is 60.7. The van der Waals surface area contributed by atoms with Crippen molar-refractivity contribution in [3.8, 4) is 0 Å². The van der Waals surface area contributed by atoms with Crippen LogP contribution in [0.15, 0.2) is 75.2 Å². The van der Waals surface area contributed by atoms with Crippen LogP contribution in [0.4, 0.5) is 0 Å². The topological polar surface area (TPSA) is 98.7 Å². The van der Waals surface area contributed by atoms with E-state index in [4.69, 9.17) is 0 Å². The molecule has 0 unspecified atom stereocenters. The third-order valence-electron chi connectivity index (χ3n) is 6.67. The Morgan fingerprint density at radius 2 is 1.66 bits per heavy atom. The number of nitrogens with zero attached hydrogens (tertiary/aromatic N) is 5. The van der Waals surface area contributed by atoms with Gasteiger partial charge in [0.2, 0.25) is 0 Å². The Hall–Kier alpha value is -4.31. The number of carbonyl (C=O) groups is 1. The number of aromatic nitrogens is 4. The highest BCUT2D eigenvalue weighted by molar-refractivity contribution is 7.20. The van der Waals surface area contributed by atoms with E-state index in [-0.39, 0.29) is 24.6 Å². The van der Waals surface area contributed by atoms with E-state index < -0.39 is 11.2 Å². The van der Waals surface area contributed by atoms with Crippen molar-refractivity contribution in [1.29, 1.82) is 0 Å². The highest BCUT2D eigenvalue weighted by Crippen LogP contribution is 2.29. The summed E-state index contributed by atoms with van der Waals surface area (Å²) in [5.41, 5.74) is 0.954. The largest absolute Gasteiger partial charge is 0.338 e. The van der Waals surface area contributed by atoms with Crippen molar-refractivity contribution in [3.63, 3.8) is 0 Å². The minimum Gasteiger partial charge on any atom is -0.338 e. The van der Waals surface area contributed by atoms with Gasteiger partial charge in [-0.05, 0) is 44.0 Å². The molecule has 5 aromatic rings. The van der Waals surface area contributed by atoms with Gasteiger partial charge in [0.25, 0.3) is 17.0 Å². The van der Waals surface area contributed by atoms with Crippen LogP contribution in [-0.2, 0) is 13.1 Å². The number of hydrogen-bond donors (Lipinski definition) is 0. The van der Waals surface area contributed by atoms with E-state index in [0.717, 1.165) is 16.9 Å². The molecule has 0 aliphatic carbocycles. The minimum atomic E-state index is -0.524. The van der Waals surface area contributed by atoms with E-state index >= 15 is 0 Å². The number of rotatable bonds is 7. The van der Waals surface area contributed by atoms with Gasteiger partial charge in [-0.3, -0.25) is 27.9 Å². The molecule has 5 rings (SSSR count). The van der Waals surface area contributed by atoms with Crippen molar-refractivity contribution >= 4 is 33.1 Å². The number of aryl methyl sites for hydroxylation is 1. The van der Waals surface area contributed by atoms with Gasteiger partial charge in [-0.2, -0.15) is 0 Å². The molecule has 4 aromatic heterocycles. The maximum Gasteiger partial charge on any atom is 0.332 e. The highest BCUT2D eigenvalue weighted by Gasteiger charge is 2.25. The van der Waals surface area contributed by atoms with Gasteiger partial charge in [0.1, 0.15) is 10.5 Å². The van der Waals surface area contributed by atoms with Crippen LogP contribution >= 0.6 is 11.3 Å². The van der Waals surface area contributed by atoms with Crippen molar-refractivity contribution in [1.82, 2.24) is 23.4 Å². The van der Waals surface area contributed by atoms with Crippen molar-refractivity contribution < 1.29 is 4.79 Å². The fourth-order valence-electron chi connectivity index (χ4n) is 4.64. The summed E-state index contributed by atoms with van der Waals surface area (Å²) in [6.45, 7) is 6.66. The second-order valence-electron chi connectivity index (χ2n) is 8.97. The van der Waals surface area contributed by atoms with Crippen molar-refractivity contribution in [2.75, 3.05) is 13.1 Å². The first kappa shape index (κ1) is 25.3. The standard InChI is InChI=1S/C28H27N5O4S/c1-4-30(5-2)26(36)24-18(3)23-25(35)32(16-19-11-7-6-8-12-19)28(37)33(27(23)38-24)17-20-15-22(34)31-14-10-9-13-21(31)29-20/h6-15H,4-5,16-17H2,1-3H3. The lowest BCUT2D eigenvalue weighted by atomic mass is 10.2. The predicted molar refractivity (Wildman–Crippen MR) is 148 cm³/mol. The first-order valence-electron chi connectivity index (χ1n) is 12.4. The van der Waals surface area contributed by atoms with E-state index in [9.17, 15) is 19.2 Å². The molecule has 0 atom stereocenters. The second kappa shape index (κ2) is 10.2. The number of fused-ring (bicyclic) bond motifs is 2. The van der Waals surface area contributed by atoms with Gasteiger partial charge in [-0.25, -0.2) is 9.78 Å². The van der Waals surface area contributed by atoms with Crippen LogP contribution in [0, 0.1) is 6.92 Å². The number of pyridine rings is 1. The molecule has 0 bridgehead atoms. The van der Waals surface area contributed by atoms with Gasteiger partial charge in [0.15, 0.2) is 0 Å². The van der Waals surface area contributed by atoms with E-state index in [1.807, 2.05) is 44.2 Å². The Labute approximate surface area is 221 Å². The molecule has 0 spiro atoms. The summed E-state index contributed by atoms with van der Waals surface area (Å²) in [5, 5.41) is 0.332. The average molecular weight is 530 g/mol. The van der Waals surface area contributed by atoms with Crippen LogP contribution in [-0.4, -0.2) is 42.4 Å². The summed E-state index contributed by atoms with van der Waals surface area (Å²) < 4.78 is 4.07. The van der Waals surface area contributed by atoms with Crippen LogP contribution in [0.1, 0.15) is 40.3 Å². The van der Waals surface area contributed by atoms with Crippen LogP contribution < -0.4 is 16.8 Å². The lowest BCUT2D eigenvalue weighted by Gasteiger charge is -2.17. The molecule has 38 heavy (non-hydrogen) atoms. The number of thiophene rings is 1. The normalized spacial score (nSPS) is 11.3. The smallest absolute Gasteiger partial charge is 0.332 e. The molecule has 0 saturated carbocycles. The zero-order chi connectivity index (χ0) is 27.0. The summed E-state index contributed by atoms with van der Waals surface area (Å²) in [5.74, 6) is -0.177. The molecule has 1 aromatic carbocycles. The van der Waals surface area contributed by atoms with Crippen molar-refractivity contribution in [2.45, 2.75) is 33.9 Å². The first-order valence-corrected chi connectivity index (χ1v) is 13.2. The zero-order valence-corrected chi connectivity index (χ0v) is 22.2. The van der Waals surface area contributed by atoms with Gasteiger partial charge >= 0.3 is 5.69 Å². The lowest BCUT2D eigenvalue weighted by Crippen LogP contribution is -2.40. The Kier molecular flexibility index (Phi) is 6.81. The summed E-state index contributed by atoms with van der Waals surface area (Å²) in [6.07, 6.45) is 1.63. The molecule has 0 aliphatic rings. The van der Waals surface area contributed by atoms with Gasteiger partial charge < -0.3 is 4.90 Å². The fourth-order valence-corrected chi connectivity index (χ4v) is 5.90. The molecule has 1 amide bonds. The summed E-state index contributed by atoms with van der Waals surface area (Å²) in [7, 11) is 0. The summed E-state index contributed by atoms with van der Waals surface area (Å²) in [6, 6.07) is 15.9. The molecular formula is C28H27N5O4S. The molecule has 0 N–H and O–H groups in total. The summed E-state index contributed by atoms with van der Waals surface area (Å²) >= 11 is 1.14. The zero-order valence-electron chi connectivity index (χ0n) is 21.4. The number of benzene rings is 1. The Morgan fingerprint density at radius 1 is 0.947 bits per heavy atom. The number of hydrogen-bond acceptors (Lipinski definition) is 6. The quantitative estimate of drug-likeness (QED) is 0.323. The predicted octanol–water partition coefficient (Wildman–Crippen LogP) is 3.12. The van der Waals surface area contributed by atoms with Crippen LogP contribution in [0.5, 0.6) is 0 Å². The number of carbonyl (C=O) groups excluding carboxylic acids is 1. The Balaban J connectivity index is 1.76. The van der Waals surface area contributed by atoms with Crippen molar-refractivity contribution in [2.24, 2.45) is 0 Å². The molecule has 0 radical (unpaired) electrons. The van der Waals surface area contributed by atoms with Crippen molar-refractivity contribution in [3.05, 3.63) is 114 Å². The molecule has 0 fully saturated rings. The first-order chi connectivity index (χ1) is 18.3. The highest BCUT2D eigenvalue weighted by atomic mass is 32.1. The van der Waals surface area contributed by atoms with Gasteiger partial charge in [-0.1, -0.05) is 36.4 Å². The SMILES string of the molecule is CCN(CC)C(=O)c1sc2c(c1C)c(=O)n(Cc1ccccc1)c(=O)n2Cc1cc(=O)n2ccccc2n1. The monoisotopic (exact) mass is 529 g/mol. The van der Waals surface area contributed by atoms with Crippen LogP contribution in [0.3, 0.4) is 0 Å². The third kappa shape index (κ3) is 4.37. The van der Waals surface area contributed by atoms with Gasteiger partial charge in [-0.15, -0.1) is 11.3 Å². The average Bonchev–Trinajstić information content (AvgIpc) is 3.27. The molecule has 4 heterocycles. The maximum atomic E-state index is 13.8.